The molecule has 0 spiro atoms. The van der Waals surface area contributed by atoms with Crippen molar-refractivity contribution in [3.63, 3.8) is 0 Å². The zero-order valence-corrected chi connectivity index (χ0v) is 11.2. The largest absolute Gasteiger partial charge is 1.00 e. The lowest BCUT2D eigenvalue weighted by Gasteiger charge is -2.01. The average Bonchev–Trinajstić information content (AvgIpc) is 2.18. The number of carbonyl (C=O) groups is 1. The molecule has 0 amide bonds. The maximum absolute atomic E-state index is 11.4. The Bertz CT molecular complexity index is 315. The van der Waals surface area contributed by atoms with Gasteiger partial charge in [0.15, 0.2) is 12.4 Å². The molecule has 0 N–H and O–H groups in total. The molecule has 3 nitrogen and oxygen atoms in total. The van der Waals surface area contributed by atoms with Gasteiger partial charge < -0.3 is 28.7 Å². The summed E-state index contributed by atoms with van der Waals surface area (Å²) in [6.07, 6.45) is 5.59. The number of nitrogens with zero attached hydrogens (tertiary/aromatic N) is 1. The van der Waals surface area contributed by atoms with Crippen LogP contribution in [0.15, 0.2) is 24.5 Å². The molecule has 1 heterocycles. The third kappa shape index (κ3) is 5.11. The van der Waals surface area contributed by atoms with Crippen molar-refractivity contribution in [2.24, 2.45) is 7.05 Å². The fourth-order valence-corrected chi connectivity index (χ4v) is 1.10. The summed E-state index contributed by atoms with van der Waals surface area (Å²) in [6.45, 7) is 2.57. The Balaban J connectivity index is 0.00000196. The maximum atomic E-state index is 11.4. The van der Waals surface area contributed by atoms with E-state index in [0.717, 1.165) is 12.8 Å². The minimum Gasteiger partial charge on any atom is -1.00 e. The van der Waals surface area contributed by atoms with Gasteiger partial charge in [-0.3, -0.25) is 0 Å². The molecule has 0 saturated heterocycles. The van der Waals surface area contributed by atoms with E-state index in [0.29, 0.717) is 12.2 Å². The van der Waals surface area contributed by atoms with Crippen LogP contribution in [0.4, 0.5) is 0 Å². The van der Waals surface area contributed by atoms with Gasteiger partial charge in [0.25, 0.3) is 0 Å². The van der Waals surface area contributed by atoms with Crippen LogP contribution in [0.5, 0.6) is 0 Å². The maximum Gasteiger partial charge on any atom is 0.344 e. The Morgan fingerprint density at radius 2 is 2.27 bits per heavy atom. The fraction of sp³-hybridized carbons (Fsp3) is 0.455. The molecule has 15 heavy (non-hydrogen) atoms. The lowest BCUT2D eigenvalue weighted by atomic mass is 10.3. The molecular formula is C11H16INO2. The monoisotopic (exact) mass is 321 g/mol. The average molecular weight is 321 g/mol. The van der Waals surface area contributed by atoms with Crippen LogP contribution in [0.1, 0.15) is 30.1 Å². The Hall–Kier alpha value is -0.650. The first kappa shape index (κ1) is 14.3. The molecule has 4 heteroatoms. The topological polar surface area (TPSA) is 30.2 Å². The minimum atomic E-state index is -0.241. The third-order valence-electron chi connectivity index (χ3n) is 1.91. The zero-order valence-electron chi connectivity index (χ0n) is 9.07. The van der Waals surface area contributed by atoms with Gasteiger partial charge in [0.1, 0.15) is 12.6 Å². The van der Waals surface area contributed by atoms with Crippen LogP contribution in [0.3, 0.4) is 0 Å². The highest BCUT2D eigenvalue weighted by Crippen LogP contribution is 1.99. The van der Waals surface area contributed by atoms with E-state index < -0.39 is 0 Å². The molecule has 0 saturated carbocycles. The SMILES string of the molecule is CCCCOC(=O)c1ccc[n+](C)c1.[I-]. The number of pyridine rings is 1. The molecule has 0 atom stereocenters. The Morgan fingerprint density at radius 3 is 2.87 bits per heavy atom. The molecular weight excluding hydrogens is 305 g/mol. The molecule has 84 valence electrons. The second-order valence-corrected chi connectivity index (χ2v) is 3.25. The first-order valence-electron chi connectivity index (χ1n) is 4.86. The van der Waals surface area contributed by atoms with E-state index in [-0.39, 0.29) is 29.9 Å². The predicted octanol–water partition coefficient (Wildman–Crippen LogP) is -1.53. The summed E-state index contributed by atoms with van der Waals surface area (Å²) in [5.41, 5.74) is 0.603. The van der Waals surface area contributed by atoms with Gasteiger partial charge >= 0.3 is 5.97 Å². The van der Waals surface area contributed by atoms with E-state index in [4.69, 9.17) is 4.74 Å². The van der Waals surface area contributed by atoms with Crippen molar-refractivity contribution in [1.82, 2.24) is 0 Å². The summed E-state index contributed by atoms with van der Waals surface area (Å²) in [5, 5.41) is 0. The van der Waals surface area contributed by atoms with E-state index >= 15 is 0 Å². The number of hydrogen-bond acceptors (Lipinski definition) is 2. The number of aromatic nitrogens is 1. The molecule has 0 aliphatic heterocycles. The minimum absolute atomic E-state index is 0. The van der Waals surface area contributed by atoms with Crippen LogP contribution < -0.4 is 28.5 Å². The zero-order chi connectivity index (χ0) is 10.4. The molecule has 0 radical (unpaired) electrons. The van der Waals surface area contributed by atoms with Crippen molar-refractivity contribution in [3.05, 3.63) is 30.1 Å². The summed E-state index contributed by atoms with van der Waals surface area (Å²) in [6, 6.07) is 3.59. The molecule has 1 rings (SSSR count). The van der Waals surface area contributed by atoms with Gasteiger partial charge in [-0.1, -0.05) is 13.3 Å². The molecule has 0 aliphatic carbocycles. The standard InChI is InChI=1S/C11H16NO2.HI/c1-3-4-8-14-11(13)10-6-5-7-12(2)9-10;/h5-7,9H,3-4,8H2,1-2H3;1H/q+1;/p-1. The quantitative estimate of drug-likeness (QED) is 0.292. The first-order chi connectivity index (χ1) is 6.74. The summed E-state index contributed by atoms with van der Waals surface area (Å²) >= 11 is 0. The number of hydrogen-bond donors (Lipinski definition) is 0. The highest BCUT2D eigenvalue weighted by Gasteiger charge is 2.09. The predicted molar refractivity (Wildman–Crippen MR) is 52.8 cm³/mol. The highest BCUT2D eigenvalue weighted by atomic mass is 127. The number of carbonyl (C=O) groups excluding carboxylic acids is 1. The van der Waals surface area contributed by atoms with Crippen LogP contribution in [0, 0.1) is 0 Å². The van der Waals surface area contributed by atoms with Gasteiger partial charge in [-0.25, -0.2) is 9.36 Å². The molecule has 1 aromatic rings. The number of esters is 1. The van der Waals surface area contributed by atoms with Crippen LogP contribution >= 0.6 is 0 Å². The Kier molecular flexibility index (Phi) is 7.29. The van der Waals surface area contributed by atoms with Crippen molar-refractivity contribution in [1.29, 1.82) is 0 Å². The number of halogens is 1. The van der Waals surface area contributed by atoms with E-state index in [2.05, 4.69) is 6.92 Å². The molecule has 0 unspecified atom stereocenters. The van der Waals surface area contributed by atoms with Crippen molar-refractivity contribution >= 4 is 5.97 Å². The smallest absolute Gasteiger partial charge is 0.344 e. The molecule has 0 fully saturated rings. The van der Waals surface area contributed by atoms with Gasteiger partial charge in [-0.2, -0.15) is 0 Å². The molecule has 0 bridgehead atoms. The van der Waals surface area contributed by atoms with Crippen LogP contribution in [-0.2, 0) is 11.8 Å². The van der Waals surface area contributed by atoms with E-state index in [9.17, 15) is 4.79 Å². The number of unbranched alkanes of at least 4 members (excludes halogenated alkanes) is 1. The number of rotatable bonds is 4. The van der Waals surface area contributed by atoms with Gasteiger partial charge in [-0.05, 0) is 12.5 Å². The summed E-state index contributed by atoms with van der Waals surface area (Å²) in [4.78, 5) is 11.4. The first-order valence-corrected chi connectivity index (χ1v) is 4.86. The van der Waals surface area contributed by atoms with E-state index in [1.54, 1.807) is 12.3 Å². The van der Waals surface area contributed by atoms with Crippen LogP contribution in [-0.4, -0.2) is 12.6 Å². The summed E-state index contributed by atoms with van der Waals surface area (Å²) < 4.78 is 6.90. The van der Waals surface area contributed by atoms with Crippen molar-refractivity contribution in [2.45, 2.75) is 19.8 Å². The molecule has 0 aromatic carbocycles. The Morgan fingerprint density at radius 1 is 1.53 bits per heavy atom. The summed E-state index contributed by atoms with van der Waals surface area (Å²) in [5.74, 6) is -0.241. The number of aryl methyl sites for hydroxylation is 1. The van der Waals surface area contributed by atoms with Crippen molar-refractivity contribution in [3.8, 4) is 0 Å². The second-order valence-electron chi connectivity index (χ2n) is 3.25. The van der Waals surface area contributed by atoms with Crippen LogP contribution in [0.25, 0.3) is 0 Å². The highest BCUT2D eigenvalue weighted by molar-refractivity contribution is 5.88. The Labute approximate surface area is 107 Å². The van der Waals surface area contributed by atoms with Gasteiger partial charge in [-0.15, -0.1) is 0 Å². The lowest BCUT2D eigenvalue weighted by molar-refractivity contribution is -0.671. The van der Waals surface area contributed by atoms with Gasteiger partial charge in [0.2, 0.25) is 0 Å². The van der Waals surface area contributed by atoms with Crippen molar-refractivity contribution < 1.29 is 38.1 Å². The summed E-state index contributed by atoms with van der Waals surface area (Å²) in [7, 11) is 1.88. The normalized spacial score (nSPS) is 9.20. The van der Waals surface area contributed by atoms with Gasteiger partial charge in [0, 0.05) is 6.07 Å². The third-order valence-corrected chi connectivity index (χ3v) is 1.91. The second kappa shape index (κ2) is 7.62. The van der Waals surface area contributed by atoms with E-state index in [1.807, 2.05) is 23.9 Å². The molecule has 1 aromatic heterocycles. The van der Waals surface area contributed by atoms with Crippen molar-refractivity contribution in [2.75, 3.05) is 6.61 Å². The van der Waals surface area contributed by atoms with Crippen LogP contribution in [0.2, 0.25) is 0 Å². The number of ether oxygens (including phenoxy) is 1. The lowest BCUT2D eigenvalue weighted by Crippen LogP contribution is -3.00. The van der Waals surface area contributed by atoms with Gasteiger partial charge in [0.05, 0.1) is 6.61 Å². The fourth-order valence-electron chi connectivity index (χ4n) is 1.10. The van der Waals surface area contributed by atoms with E-state index in [1.165, 1.54) is 0 Å². The molecule has 0 aliphatic rings.